The maximum atomic E-state index is 10.7. The van der Waals surface area contributed by atoms with Gasteiger partial charge in [-0.25, -0.2) is 0 Å². The summed E-state index contributed by atoms with van der Waals surface area (Å²) in [6.07, 6.45) is 0.722. The average molecular weight is 192 g/mol. The number of hydrogen-bond acceptors (Lipinski definition) is 4. The summed E-state index contributed by atoms with van der Waals surface area (Å²) in [5.74, 6) is 0.817. The molecule has 5 N–H and O–H groups in total. The van der Waals surface area contributed by atoms with Gasteiger partial charge in [0.2, 0.25) is 5.91 Å². The molecule has 0 saturated carbocycles. The van der Waals surface area contributed by atoms with Gasteiger partial charge in [-0.3, -0.25) is 4.79 Å². The highest BCUT2D eigenvalue weighted by molar-refractivity contribution is 7.99. The second-order valence-corrected chi connectivity index (χ2v) is 4.02. The van der Waals surface area contributed by atoms with Crippen LogP contribution in [-0.2, 0) is 4.79 Å². The number of aliphatic hydroxyl groups is 1. The summed E-state index contributed by atoms with van der Waals surface area (Å²) in [6.45, 7) is 1.78. The van der Waals surface area contributed by atoms with Crippen molar-refractivity contribution < 1.29 is 9.90 Å². The van der Waals surface area contributed by atoms with E-state index in [-0.39, 0.29) is 6.61 Å². The van der Waals surface area contributed by atoms with E-state index >= 15 is 0 Å². The number of hydrogen-bond donors (Lipinski definition) is 3. The Morgan fingerprint density at radius 3 is 2.67 bits per heavy atom. The predicted octanol–water partition coefficient (Wildman–Crippen LogP) is -0.695. The van der Waals surface area contributed by atoms with Gasteiger partial charge in [0.25, 0.3) is 0 Å². The number of aliphatic hydroxyl groups excluding tert-OH is 1. The fourth-order valence-electron chi connectivity index (χ4n) is 0.522. The van der Waals surface area contributed by atoms with Gasteiger partial charge in [0.1, 0.15) is 5.54 Å². The van der Waals surface area contributed by atoms with Crippen LogP contribution in [0.25, 0.3) is 0 Å². The minimum absolute atomic E-state index is 0.171. The van der Waals surface area contributed by atoms with E-state index in [0.29, 0.717) is 5.75 Å². The van der Waals surface area contributed by atoms with Crippen molar-refractivity contribution in [3.8, 4) is 0 Å². The molecule has 0 fully saturated rings. The fraction of sp³-hybridized carbons (Fsp3) is 0.857. The SMILES string of the molecule is CC(N)(CSCCCO)C(N)=O. The van der Waals surface area contributed by atoms with Crippen molar-refractivity contribution in [1.82, 2.24) is 0 Å². The van der Waals surface area contributed by atoms with E-state index in [1.807, 2.05) is 0 Å². The van der Waals surface area contributed by atoms with Crippen LogP contribution in [0.4, 0.5) is 0 Å². The molecule has 12 heavy (non-hydrogen) atoms. The summed E-state index contributed by atoms with van der Waals surface area (Å²) in [6, 6.07) is 0. The van der Waals surface area contributed by atoms with Crippen LogP contribution in [0.5, 0.6) is 0 Å². The Morgan fingerprint density at radius 2 is 2.25 bits per heavy atom. The third-order valence-electron chi connectivity index (χ3n) is 1.41. The van der Waals surface area contributed by atoms with Crippen molar-refractivity contribution in [2.24, 2.45) is 11.5 Å². The van der Waals surface area contributed by atoms with E-state index in [2.05, 4.69) is 0 Å². The smallest absolute Gasteiger partial charge is 0.238 e. The van der Waals surface area contributed by atoms with Crippen LogP contribution in [0, 0.1) is 0 Å². The Hall–Kier alpha value is -0.260. The topological polar surface area (TPSA) is 89.3 Å². The predicted molar refractivity (Wildman–Crippen MR) is 50.8 cm³/mol. The standard InChI is InChI=1S/C7H16N2O2S/c1-7(9,6(8)11)5-12-4-2-3-10/h10H,2-5,9H2,1H3,(H2,8,11). The van der Waals surface area contributed by atoms with Crippen molar-refractivity contribution in [2.45, 2.75) is 18.9 Å². The monoisotopic (exact) mass is 192 g/mol. The maximum absolute atomic E-state index is 10.7. The second kappa shape index (κ2) is 5.40. The fourth-order valence-corrected chi connectivity index (χ4v) is 1.57. The molecule has 0 rings (SSSR count). The summed E-state index contributed by atoms with van der Waals surface area (Å²) >= 11 is 1.53. The van der Waals surface area contributed by atoms with Crippen LogP contribution in [0.1, 0.15) is 13.3 Å². The first-order valence-electron chi connectivity index (χ1n) is 3.78. The van der Waals surface area contributed by atoms with E-state index < -0.39 is 11.4 Å². The first kappa shape index (κ1) is 11.7. The molecule has 1 unspecified atom stereocenters. The highest BCUT2D eigenvalue weighted by atomic mass is 32.2. The zero-order valence-electron chi connectivity index (χ0n) is 7.25. The van der Waals surface area contributed by atoms with Gasteiger partial charge in [0.15, 0.2) is 0 Å². The Labute approximate surface area is 76.7 Å². The molecule has 0 spiro atoms. The summed E-state index contributed by atoms with van der Waals surface area (Å²) in [4.78, 5) is 10.7. The normalized spacial score (nSPS) is 15.6. The molecule has 0 bridgehead atoms. The van der Waals surface area contributed by atoms with Crippen LogP contribution in [0.2, 0.25) is 0 Å². The minimum Gasteiger partial charge on any atom is -0.396 e. The summed E-state index contributed by atoms with van der Waals surface area (Å²) in [5.41, 5.74) is 9.71. The molecule has 0 aromatic carbocycles. The van der Waals surface area contributed by atoms with Crippen molar-refractivity contribution in [2.75, 3.05) is 18.1 Å². The lowest BCUT2D eigenvalue weighted by atomic mass is 10.1. The van der Waals surface area contributed by atoms with Crippen molar-refractivity contribution >= 4 is 17.7 Å². The Bertz CT molecular complexity index is 150. The van der Waals surface area contributed by atoms with Crippen molar-refractivity contribution in [1.29, 1.82) is 0 Å². The number of primary amides is 1. The van der Waals surface area contributed by atoms with Crippen LogP contribution in [0.15, 0.2) is 0 Å². The first-order valence-corrected chi connectivity index (χ1v) is 4.93. The first-order chi connectivity index (χ1) is 5.50. The molecule has 1 atom stereocenters. The summed E-state index contributed by atoms with van der Waals surface area (Å²) < 4.78 is 0. The van der Waals surface area contributed by atoms with Gasteiger partial charge < -0.3 is 16.6 Å². The average Bonchev–Trinajstić information content (AvgIpc) is 1.98. The van der Waals surface area contributed by atoms with E-state index in [1.54, 1.807) is 6.92 Å². The molecule has 0 heterocycles. The largest absolute Gasteiger partial charge is 0.396 e. The number of carbonyl (C=O) groups excluding carboxylic acids is 1. The molecule has 0 aromatic rings. The highest BCUT2D eigenvalue weighted by Gasteiger charge is 2.24. The Balaban J connectivity index is 3.54. The molecule has 0 aliphatic heterocycles. The number of amides is 1. The van der Waals surface area contributed by atoms with E-state index in [1.165, 1.54) is 11.8 Å². The zero-order chi connectivity index (χ0) is 9.61. The molecular weight excluding hydrogens is 176 g/mol. The zero-order valence-corrected chi connectivity index (χ0v) is 8.06. The van der Waals surface area contributed by atoms with Crippen LogP contribution < -0.4 is 11.5 Å². The third kappa shape index (κ3) is 4.58. The molecule has 0 radical (unpaired) electrons. The summed E-state index contributed by atoms with van der Waals surface area (Å²) in [5, 5.41) is 8.47. The van der Waals surface area contributed by atoms with E-state index in [0.717, 1.165) is 12.2 Å². The van der Waals surface area contributed by atoms with Crippen LogP contribution in [-0.4, -0.2) is 34.7 Å². The van der Waals surface area contributed by atoms with Gasteiger partial charge in [-0.15, -0.1) is 0 Å². The van der Waals surface area contributed by atoms with Gasteiger partial charge in [-0.05, 0) is 19.1 Å². The minimum atomic E-state index is -0.930. The molecule has 1 amide bonds. The van der Waals surface area contributed by atoms with Crippen LogP contribution >= 0.6 is 11.8 Å². The molecule has 0 aliphatic carbocycles. The second-order valence-electron chi connectivity index (χ2n) is 2.91. The number of carbonyl (C=O) groups is 1. The number of rotatable bonds is 6. The van der Waals surface area contributed by atoms with Crippen molar-refractivity contribution in [3.05, 3.63) is 0 Å². The number of thioether (sulfide) groups is 1. The van der Waals surface area contributed by atoms with Crippen LogP contribution in [0.3, 0.4) is 0 Å². The van der Waals surface area contributed by atoms with Gasteiger partial charge in [-0.1, -0.05) is 0 Å². The third-order valence-corrected chi connectivity index (χ3v) is 2.79. The van der Waals surface area contributed by atoms with E-state index in [4.69, 9.17) is 16.6 Å². The number of nitrogens with two attached hydrogens (primary N) is 2. The lowest BCUT2D eigenvalue weighted by Gasteiger charge is -2.19. The lowest BCUT2D eigenvalue weighted by Crippen LogP contribution is -2.51. The lowest BCUT2D eigenvalue weighted by molar-refractivity contribution is -0.121. The van der Waals surface area contributed by atoms with Gasteiger partial charge in [0, 0.05) is 12.4 Å². The molecule has 0 aromatic heterocycles. The van der Waals surface area contributed by atoms with Gasteiger partial charge >= 0.3 is 0 Å². The van der Waals surface area contributed by atoms with Gasteiger partial charge in [0.05, 0.1) is 0 Å². The molecule has 0 saturated heterocycles. The van der Waals surface area contributed by atoms with Crippen molar-refractivity contribution in [3.63, 3.8) is 0 Å². The van der Waals surface area contributed by atoms with Gasteiger partial charge in [-0.2, -0.15) is 11.8 Å². The molecule has 4 nitrogen and oxygen atoms in total. The summed E-state index contributed by atoms with van der Waals surface area (Å²) in [7, 11) is 0. The molecule has 0 aliphatic rings. The molecular formula is C7H16N2O2S. The quantitative estimate of drug-likeness (QED) is 0.486. The Kier molecular flexibility index (Phi) is 5.28. The Morgan fingerprint density at radius 1 is 1.67 bits per heavy atom. The molecule has 5 heteroatoms. The maximum Gasteiger partial charge on any atom is 0.238 e. The highest BCUT2D eigenvalue weighted by Crippen LogP contribution is 2.10. The van der Waals surface area contributed by atoms with E-state index in [9.17, 15) is 4.79 Å². The molecule has 72 valence electrons.